The van der Waals surface area contributed by atoms with Gasteiger partial charge in [-0.15, -0.1) is 0 Å². The van der Waals surface area contributed by atoms with Crippen LogP contribution in [0.15, 0.2) is 43.3 Å². The van der Waals surface area contributed by atoms with E-state index in [4.69, 9.17) is 15.1 Å². The number of aromatic nitrogens is 2. The molecule has 4 heterocycles. The molecule has 2 aliphatic heterocycles. The Balaban J connectivity index is 1.43. The van der Waals surface area contributed by atoms with Crippen molar-refractivity contribution in [3.05, 3.63) is 67.5 Å². The van der Waals surface area contributed by atoms with E-state index in [-0.39, 0.29) is 16.9 Å². The van der Waals surface area contributed by atoms with Crippen molar-refractivity contribution in [1.82, 2.24) is 14.9 Å². The molecule has 0 aliphatic carbocycles. The van der Waals surface area contributed by atoms with Gasteiger partial charge in [0.2, 0.25) is 0 Å². The number of aliphatic imine (C=N–C) groups is 1. The molecule has 30 heavy (non-hydrogen) atoms. The quantitative estimate of drug-likeness (QED) is 0.688. The minimum Gasteiger partial charge on any atom is -0.440 e. The van der Waals surface area contributed by atoms with E-state index in [0.717, 1.165) is 37.2 Å². The molecular formula is C22H23N5O3. The van der Waals surface area contributed by atoms with Crippen molar-refractivity contribution in [2.45, 2.75) is 38.8 Å². The van der Waals surface area contributed by atoms with Crippen LogP contribution < -0.4 is 16.7 Å². The Morgan fingerprint density at radius 2 is 2.03 bits per heavy atom. The van der Waals surface area contributed by atoms with E-state index in [9.17, 15) is 9.59 Å². The molecule has 3 N–H and O–H groups in total. The lowest BCUT2D eigenvalue weighted by atomic mass is 10.0. The number of nitrogen functional groups attached to an aromatic ring is 1. The van der Waals surface area contributed by atoms with E-state index in [1.54, 1.807) is 24.3 Å². The predicted molar refractivity (Wildman–Crippen MR) is 115 cm³/mol. The molecule has 0 unspecified atom stereocenters. The molecule has 2 aliphatic rings. The largest absolute Gasteiger partial charge is 0.440 e. The summed E-state index contributed by atoms with van der Waals surface area (Å²) in [5.74, 6) is 0.730. The van der Waals surface area contributed by atoms with Gasteiger partial charge in [-0.2, -0.15) is 0 Å². The van der Waals surface area contributed by atoms with Gasteiger partial charge in [0, 0.05) is 32.6 Å². The van der Waals surface area contributed by atoms with Gasteiger partial charge < -0.3 is 15.1 Å². The number of rotatable bonds is 3. The summed E-state index contributed by atoms with van der Waals surface area (Å²) in [4.78, 5) is 39.8. The maximum atomic E-state index is 12.9. The van der Waals surface area contributed by atoms with Crippen molar-refractivity contribution in [1.29, 1.82) is 0 Å². The molecular weight excluding hydrogens is 382 g/mol. The standard InChI is InChI=1S/C22H23N5O3/c23-20-15(19(28)13-5-1-2-7-18(13)30-20)12-27-10-8-16-14(11-27)22(29)26-21(25-16)17-6-3-4-9-24-17/h1-2,5,7H,3-4,6,8-12,23H2,(H,25,26,29). The smallest absolute Gasteiger partial charge is 0.255 e. The third kappa shape index (κ3) is 3.33. The van der Waals surface area contributed by atoms with Gasteiger partial charge in [0.15, 0.2) is 17.1 Å². The fourth-order valence-corrected chi connectivity index (χ4v) is 4.21. The predicted octanol–water partition coefficient (Wildman–Crippen LogP) is 1.99. The number of H-pyrrole nitrogens is 1. The molecule has 0 bridgehead atoms. The maximum absolute atomic E-state index is 12.9. The molecule has 1 aromatic carbocycles. The number of hydrogen-bond acceptors (Lipinski definition) is 7. The number of aromatic amines is 1. The third-order valence-electron chi connectivity index (χ3n) is 5.85. The average molecular weight is 405 g/mol. The zero-order chi connectivity index (χ0) is 20.7. The van der Waals surface area contributed by atoms with Crippen molar-refractivity contribution in [3.63, 3.8) is 0 Å². The van der Waals surface area contributed by atoms with Crippen LogP contribution in [0.5, 0.6) is 0 Å². The summed E-state index contributed by atoms with van der Waals surface area (Å²) in [5.41, 5.74) is 9.04. The Bertz CT molecular complexity index is 1270. The highest BCUT2D eigenvalue weighted by atomic mass is 16.3. The topological polar surface area (TPSA) is 118 Å². The van der Waals surface area contributed by atoms with Crippen LogP contribution in [0.2, 0.25) is 0 Å². The summed E-state index contributed by atoms with van der Waals surface area (Å²) < 4.78 is 5.65. The van der Waals surface area contributed by atoms with Crippen LogP contribution >= 0.6 is 0 Å². The number of para-hydroxylation sites is 1. The fraction of sp³-hybridized carbons (Fsp3) is 0.364. The van der Waals surface area contributed by atoms with Crippen molar-refractivity contribution in [3.8, 4) is 0 Å². The number of nitrogens with zero attached hydrogens (tertiary/aromatic N) is 3. The normalized spacial score (nSPS) is 17.0. The van der Waals surface area contributed by atoms with E-state index in [0.29, 0.717) is 54.0 Å². The Kier molecular flexibility index (Phi) is 4.71. The second-order valence-corrected chi connectivity index (χ2v) is 7.86. The fourth-order valence-electron chi connectivity index (χ4n) is 4.21. The highest BCUT2D eigenvalue weighted by Crippen LogP contribution is 2.21. The highest BCUT2D eigenvalue weighted by molar-refractivity contribution is 5.97. The first kappa shape index (κ1) is 18.7. The highest BCUT2D eigenvalue weighted by Gasteiger charge is 2.24. The second-order valence-electron chi connectivity index (χ2n) is 7.86. The summed E-state index contributed by atoms with van der Waals surface area (Å²) in [6.45, 7) is 2.21. The molecule has 0 fully saturated rings. The molecule has 154 valence electrons. The third-order valence-corrected chi connectivity index (χ3v) is 5.85. The van der Waals surface area contributed by atoms with Gasteiger partial charge in [-0.25, -0.2) is 4.98 Å². The van der Waals surface area contributed by atoms with Gasteiger partial charge in [-0.05, 0) is 31.4 Å². The Morgan fingerprint density at radius 1 is 1.17 bits per heavy atom. The monoisotopic (exact) mass is 405 g/mol. The molecule has 0 saturated heterocycles. The molecule has 2 aromatic heterocycles. The zero-order valence-electron chi connectivity index (χ0n) is 16.6. The first-order chi connectivity index (χ1) is 14.6. The molecule has 8 heteroatoms. The van der Waals surface area contributed by atoms with Crippen molar-refractivity contribution in [2.24, 2.45) is 4.99 Å². The minimum atomic E-state index is -0.133. The number of nitrogens with one attached hydrogen (secondary N) is 1. The van der Waals surface area contributed by atoms with Crippen LogP contribution in [0.25, 0.3) is 11.0 Å². The molecule has 3 aromatic rings. The summed E-state index contributed by atoms with van der Waals surface area (Å²) in [6.07, 6.45) is 3.64. The summed E-state index contributed by atoms with van der Waals surface area (Å²) in [6, 6.07) is 7.07. The number of fused-ring (bicyclic) bond motifs is 2. The lowest BCUT2D eigenvalue weighted by Crippen LogP contribution is -2.37. The molecule has 0 radical (unpaired) electrons. The van der Waals surface area contributed by atoms with E-state index >= 15 is 0 Å². The number of nitrogens with two attached hydrogens (primary N) is 1. The Morgan fingerprint density at radius 3 is 2.87 bits per heavy atom. The Labute approximate surface area is 172 Å². The minimum absolute atomic E-state index is 0.127. The van der Waals surface area contributed by atoms with E-state index in [2.05, 4.69) is 9.98 Å². The van der Waals surface area contributed by atoms with Crippen molar-refractivity contribution >= 4 is 22.6 Å². The van der Waals surface area contributed by atoms with Gasteiger partial charge >= 0.3 is 0 Å². The number of anilines is 1. The second kappa shape index (κ2) is 7.53. The summed E-state index contributed by atoms with van der Waals surface area (Å²) in [7, 11) is 0. The lowest BCUT2D eigenvalue weighted by molar-refractivity contribution is 0.240. The van der Waals surface area contributed by atoms with Crippen LogP contribution in [0.4, 0.5) is 5.88 Å². The summed E-state index contributed by atoms with van der Waals surface area (Å²) >= 11 is 0. The van der Waals surface area contributed by atoms with Gasteiger partial charge in [0.05, 0.1) is 27.9 Å². The van der Waals surface area contributed by atoms with Crippen molar-refractivity contribution < 1.29 is 4.42 Å². The molecule has 0 saturated carbocycles. The average Bonchev–Trinajstić information content (AvgIpc) is 2.77. The number of benzene rings is 1. The van der Waals surface area contributed by atoms with Gasteiger partial charge in [-0.1, -0.05) is 12.1 Å². The molecule has 0 amide bonds. The van der Waals surface area contributed by atoms with Crippen LogP contribution in [-0.2, 0) is 19.5 Å². The van der Waals surface area contributed by atoms with Crippen molar-refractivity contribution in [2.75, 3.05) is 18.8 Å². The van der Waals surface area contributed by atoms with Gasteiger partial charge in [-0.3, -0.25) is 19.5 Å². The maximum Gasteiger partial charge on any atom is 0.255 e. The van der Waals surface area contributed by atoms with E-state index < -0.39 is 0 Å². The first-order valence-electron chi connectivity index (χ1n) is 10.3. The van der Waals surface area contributed by atoms with Gasteiger partial charge in [0.1, 0.15) is 5.58 Å². The van der Waals surface area contributed by atoms with E-state index in [1.807, 2.05) is 4.90 Å². The first-order valence-corrected chi connectivity index (χ1v) is 10.3. The zero-order valence-corrected chi connectivity index (χ0v) is 16.6. The van der Waals surface area contributed by atoms with Crippen LogP contribution in [0, 0.1) is 0 Å². The van der Waals surface area contributed by atoms with Crippen LogP contribution in [0.3, 0.4) is 0 Å². The molecule has 0 spiro atoms. The summed E-state index contributed by atoms with van der Waals surface area (Å²) in [5, 5.41) is 0.511. The number of hydrogen-bond donors (Lipinski definition) is 2. The molecule has 5 rings (SSSR count). The van der Waals surface area contributed by atoms with Crippen LogP contribution in [0.1, 0.15) is 41.9 Å². The Hall–Kier alpha value is -3.26. The molecule has 8 nitrogen and oxygen atoms in total. The van der Waals surface area contributed by atoms with Crippen LogP contribution in [-0.4, -0.2) is 33.7 Å². The molecule has 0 atom stereocenters. The SMILES string of the molecule is Nc1oc2ccccc2c(=O)c1CN1CCc2nc(C3=NCCCC3)[nH]c(=O)c2C1. The van der Waals surface area contributed by atoms with E-state index in [1.165, 1.54) is 0 Å². The lowest BCUT2D eigenvalue weighted by Gasteiger charge is -2.27. The van der Waals surface area contributed by atoms with Gasteiger partial charge in [0.25, 0.3) is 5.56 Å².